The van der Waals surface area contributed by atoms with Gasteiger partial charge in [0.25, 0.3) is 0 Å². The van der Waals surface area contributed by atoms with Crippen molar-refractivity contribution in [1.82, 2.24) is 5.32 Å². The molecule has 56 valence electrons. The molecule has 0 aromatic rings. The van der Waals surface area contributed by atoms with Crippen molar-refractivity contribution in [3.8, 4) is 12.3 Å². The molecule has 1 aliphatic rings. The molecule has 0 aromatic carbocycles. The predicted molar refractivity (Wildman–Crippen MR) is 43.6 cm³/mol. The van der Waals surface area contributed by atoms with Crippen LogP contribution in [0.25, 0.3) is 0 Å². The van der Waals surface area contributed by atoms with Gasteiger partial charge in [0.2, 0.25) is 0 Å². The summed E-state index contributed by atoms with van der Waals surface area (Å²) in [5, 5.41) is 3.25. The fraction of sp³-hybridized carbons (Fsp3) is 0.778. The molecule has 10 heavy (non-hydrogen) atoms. The molecule has 1 saturated carbocycles. The van der Waals surface area contributed by atoms with Crippen molar-refractivity contribution in [2.45, 2.75) is 25.8 Å². The molecule has 3 atom stereocenters. The van der Waals surface area contributed by atoms with Crippen LogP contribution >= 0.6 is 0 Å². The monoisotopic (exact) mass is 137 g/mol. The first kappa shape index (κ1) is 7.63. The molecule has 0 aliphatic heterocycles. The smallest absolute Gasteiger partial charge is 0.0243 e. The summed E-state index contributed by atoms with van der Waals surface area (Å²) in [6.45, 7) is 2.28. The predicted octanol–water partition coefficient (Wildman–Crippen LogP) is 1.25. The molecule has 1 fully saturated rings. The van der Waals surface area contributed by atoms with Gasteiger partial charge in [-0.2, -0.15) is 0 Å². The number of rotatable bonds is 3. The molecule has 1 nitrogen and oxygen atoms in total. The van der Waals surface area contributed by atoms with Crippen LogP contribution in [0.3, 0.4) is 0 Å². The lowest BCUT2D eigenvalue weighted by Gasteiger charge is -2.11. The van der Waals surface area contributed by atoms with E-state index in [2.05, 4.69) is 18.2 Å². The first-order valence-electron chi connectivity index (χ1n) is 3.90. The lowest BCUT2D eigenvalue weighted by atomic mass is 10.1. The summed E-state index contributed by atoms with van der Waals surface area (Å²) in [5.74, 6) is 4.44. The first-order chi connectivity index (χ1) is 4.79. The summed E-state index contributed by atoms with van der Waals surface area (Å²) >= 11 is 0. The number of nitrogens with one attached hydrogen (secondary N) is 1. The van der Waals surface area contributed by atoms with E-state index in [0.29, 0.717) is 6.04 Å². The van der Waals surface area contributed by atoms with Crippen LogP contribution in [0.15, 0.2) is 0 Å². The molecule has 0 aromatic heterocycles. The van der Waals surface area contributed by atoms with E-state index in [-0.39, 0.29) is 0 Å². The second-order valence-electron chi connectivity index (χ2n) is 3.18. The molecule has 0 radical (unpaired) electrons. The van der Waals surface area contributed by atoms with Gasteiger partial charge in [-0.25, -0.2) is 0 Å². The molecule has 3 unspecified atom stereocenters. The molecule has 1 aliphatic carbocycles. The van der Waals surface area contributed by atoms with Crippen molar-refractivity contribution in [2.24, 2.45) is 11.8 Å². The van der Waals surface area contributed by atoms with Crippen molar-refractivity contribution >= 4 is 0 Å². The van der Waals surface area contributed by atoms with Gasteiger partial charge >= 0.3 is 0 Å². The van der Waals surface area contributed by atoms with Crippen LogP contribution in [0.2, 0.25) is 0 Å². The zero-order valence-electron chi connectivity index (χ0n) is 6.72. The zero-order valence-corrected chi connectivity index (χ0v) is 6.72. The van der Waals surface area contributed by atoms with Gasteiger partial charge in [-0.1, -0.05) is 6.92 Å². The maximum absolute atomic E-state index is 5.23. The zero-order chi connectivity index (χ0) is 7.56. The Kier molecular flexibility index (Phi) is 2.34. The molecular weight excluding hydrogens is 122 g/mol. The molecule has 0 heterocycles. The molecule has 0 bridgehead atoms. The minimum absolute atomic E-state index is 0.569. The highest BCUT2D eigenvalue weighted by Crippen LogP contribution is 2.41. The van der Waals surface area contributed by atoms with Gasteiger partial charge < -0.3 is 5.32 Å². The second kappa shape index (κ2) is 3.07. The van der Waals surface area contributed by atoms with Gasteiger partial charge in [-0.3, -0.25) is 0 Å². The van der Waals surface area contributed by atoms with E-state index in [1.54, 1.807) is 0 Å². The van der Waals surface area contributed by atoms with Crippen LogP contribution in [-0.2, 0) is 0 Å². The molecule has 1 rings (SSSR count). The van der Waals surface area contributed by atoms with Crippen molar-refractivity contribution in [3.05, 3.63) is 0 Å². The largest absolute Gasteiger partial charge is 0.316 e. The minimum atomic E-state index is 0.569. The standard InChI is InChI=1S/C9H15N/c1-4-5-9(10-3)8-6-7(8)2/h1,7-10H,5-6H2,2-3H3. The molecule has 0 amide bonds. The van der Waals surface area contributed by atoms with Gasteiger partial charge in [0.1, 0.15) is 0 Å². The average molecular weight is 137 g/mol. The summed E-state index contributed by atoms with van der Waals surface area (Å²) < 4.78 is 0. The Morgan fingerprint density at radius 2 is 2.40 bits per heavy atom. The normalized spacial score (nSPS) is 32.9. The second-order valence-corrected chi connectivity index (χ2v) is 3.18. The molecule has 1 heteroatoms. The van der Waals surface area contributed by atoms with E-state index in [1.165, 1.54) is 6.42 Å². The lowest BCUT2D eigenvalue weighted by molar-refractivity contribution is 0.492. The van der Waals surface area contributed by atoms with Crippen LogP contribution in [0.5, 0.6) is 0 Å². The van der Waals surface area contributed by atoms with E-state index in [4.69, 9.17) is 6.42 Å². The summed E-state index contributed by atoms with van der Waals surface area (Å²) in [4.78, 5) is 0. The third kappa shape index (κ3) is 1.52. The number of hydrogen-bond acceptors (Lipinski definition) is 1. The fourth-order valence-electron chi connectivity index (χ4n) is 1.51. The van der Waals surface area contributed by atoms with Crippen LogP contribution < -0.4 is 5.32 Å². The Labute approximate surface area is 63.2 Å². The van der Waals surface area contributed by atoms with Crippen molar-refractivity contribution in [1.29, 1.82) is 0 Å². The van der Waals surface area contributed by atoms with E-state index < -0.39 is 0 Å². The molecule has 1 N–H and O–H groups in total. The van der Waals surface area contributed by atoms with E-state index >= 15 is 0 Å². The average Bonchev–Trinajstić information content (AvgIpc) is 2.62. The fourth-order valence-corrected chi connectivity index (χ4v) is 1.51. The lowest BCUT2D eigenvalue weighted by Crippen LogP contribution is -2.27. The maximum Gasteiger partial charge on any atom is 0.0243 e. The maximum atomic E-state index is 5.23. The SMILES string of the molecule is C#CCC(NC)C1CC1C. The van der Waals surface area contributed by atoms with Gasteiger partial charge in [-0.15, -0.1) is 12.3 Å². The van der Waals surface area contributed by atoms with Crippen LogP contribution in [0.1, 0.15) is 19.8 Å². The van der Waals surface area contributed by atoms with Crippen LogP contribution in [0, 0.1) is 24.2 Å². The topological polar surface area (TPSA) is 12.0 Å². The van der Waals surface area contributed by atoms with Gasteiger partial charge in [0, 0.05) is 12.5 Å². The Morgan fingerprint density at radius 1 is 1.80 bits per heavy atom. The van der Waals surface area contributed by atoms with E-state index in [0.717, 1.165) is 18.3 Å². The van der Waals surface area contributed by atoms with E-state index in [9.17, 15) is 0 Å². The first-order valence-corrected chi connectivity index (χ1v) is 3.90. The summed E-state index contributed by atoms with van der Waals surface area (Å²) in [6.07, 6.45) is 7.46. The Bertz CT molecular complexity index is 145. The summed E-state index contributed by atoms with van der Waals surface area (Å²) in [6, 6.07) is 0.569. The Balaban J connectivity index is 2.29. The Hall–Kier alpha value is -0.480. The summed E-state index contributed by atoms with van der Waals surface area (Å²) in [7, 11) is 1.99. The van der Waals surface area contributed by atoms with Crippen LogP contribution in [-0.4, -0.2) is 13.1 Å². The van der Waals surface area contributed by atoms with Crippen molar-refractivity contribution < 1.29 is 0 Å². The number of terminal acetylenes is 1. The highest BCUT2D eigenvalue weighted by atomic mass is 14.9. The van der Waals surface area contributed by atoms with Gasteiger partial charge in [-0.05, 0) is 25.3 Å². The molecule has 0 spiro atoms. The third-order valence-electron chi connectivity index (χ3n) is 2.40. The highest BCUT2D eigenvalue weighted by Gasteiger charge is 2.37. The van der Waals surface area contributed by atoms with E-state index in [1.807, 2.05) is 7.05 Å². The quantitative estimate of drug-likeness (QED) is 0.577. The minimum Gasteiger partial charge on any atom is -0.316 e. The van der Waals surface area contributed by atoms with Gasteiger partial charge in [0.15, 0.2) is 0 Å². The van der Waals surface area contributed by atoms with Crippen LogP contribution in [0.4, 0.5) is 0 Å². The molecule has 0 saturated heterocycles. The molecular formula is C9H15N. The van der Waals surface area contributed by atoms with Crippen molar-refractivity contribution in [3.63, 3.8) is 0 Å². The van der Waals surface area contributed by atoms with Gasteiger partial charge in [0.05, 0.1) is 0 Å². The summed E-state index contributed by atoms with van der Waals surface area (Å²) in [5.41, 5.74) is 0. The third-order valence-corrected chi connectivity index (χ3v) is 2.40. The Morgan fingerprint density at radius 3 is 2.70 bits per heavy atom. The number of hydrogen-bond donors (Lipinski definition) is 1. The van der Waals surface area contributed by atoms with Crippen molar-refractivity contribution in [2.75, 3.05) is 7.05 Å². The highest BCUT2D eigenvalue weighted by molar-refractivity contribution is 4.98.